The summed E-state index contributed by atoms with van der Waals surface area (Å²) < 4.78 is 2.23. The minimum absolute atomic E-state index is 0.0526. The van der Waals surface area contributed by atoms with Gasteiger partial charge in [0.25, 0.3) is 5.56 Å². The zero-order valence-corrected chi connectivity index (χ0v) is 15.3. The van der Waals surface area contributed by atoms with Gasteiger partial charge in [-0.3, -0.25) is 15.6 Å². The van der Waals surface area contributed by atoms with Crippen molar-refractivity contribution in [1.82, 2.24) is 10.1 Å². The van der Waals surface area contributed by atoms with E-state index < -0.39 is 0 Å². The predicted octanol–water partition coefficient (Wildman–Crippen LogP) is 1.00. The summed E-state index contributed by atoms with van der Waals surface area (Å²) in [7, 11) is 4.01. The fourth-order valence-corrected chi connectivity index (χ4v) is 3.51. The SMILES string of the molecule is CCC1(CC)NN=c2s/c(=C\c3ccc(N(C)C)cc3)c(=O)n2N1. The van der Waals surface area contributed by atoms with Gasteiger partial charge in [-0.05, 0) is 36.6 Å². The molecule has 0 amide bonds. The summed E-state index contributed by atoms with van der Waals surface area (Å²) in [6, 6.07) is 8.12. The third-order valence-corrected chi connectivity index (χ3v) is 5.38. The summed E-state index contributed by atoms with van der Waals surface area (Å²) >= 11 is 1.38. The van der Waals surface area contributed by atoms with E-state index in [9.17, 15) is 4.79 Å². The fraction of sp³-hybridized carbons (Fsp3) is 0.412. The topological polar surface area (TPSA) is 61.7 Å². The van der Waals surface area contributed by atoms with Gasteiger partial charge in [-0.15, -0.1) is 5.10 Å². The third kappa shape index (κ3) is 2.91. The van der Waals surface area contributed by atoms with E-state index in [0.717, 1.165) is 24.1 Å². The van der Waals surface area contributed by atoms with Crippen molar-refractivity contribution >= 4 is 23.1 Å². The second-order valence-electron chi connectivity index (χ2n) is 6.14. The Labute approximate surface area is 145 Å². The Morgan fingerprint density at radius 1 is 1.25 bits per heavy atom. The van der Waals surface area contributed by atoms with Crippen LogP contribution in [0.15, 0.2) is 34.2 Å². The van der Waals surface area contributed by atoms with E-state index in [2.05, 4.69) is 29.8 Å². The number of thiazole rings is 1. The molecule has 128 valence electrons. The van der Waals surface area contributed by atoms with Gasteiger partial charge in [0.2, 0.25) is 4.80 Å². The largest absolute Gasteiger partial charge is 0.378 e. The third-order valence-electron chi connectivity index (χ3n) is 4.41. The molecule has 2 aromatic rings. The molecule has 7 heteroatoms. The molecule has 2 N–H and O–H groups in total. The summed E-state index contributed by atoms with van der Waals surface area (Å²) in [5.74, 6) is 0. The van der Waals surface area contributed by atoms with Gasteiger partial charge in [0.15, 0.2) is 0 Å². The molecule has 2 heterocycles. The Balaban J connectivity index is 2.00. The first kappa shape index (κ1) is 16.6. The number of hydrogen-bond donors (Lipinski definition) is 2. The fourth-order valence-electron chi connectivity index (χ4n) is 2.63. The van der Waals surface area contributed by atoms with Crippen LogP contribution in [0.3, 0.4) is 0 Å². The summed E-state index contributed by atoms with van der Waals surface area (Å²) in [6.45, 7) is 4.14. The van der Waals surface area contributed by atoms with Crippen LogP contribution in [0.5, 0.6) is 0 Å². The highest BCUT2D eigenvalue weighted by molar-refractivity contribution is 7.07. The Hall–Kier alpha value is -2.28. The van der Waals surface area contributed by atoms with Crippen LogP contribution < -0.4 is 30.6 Å². The van der Waals surface area contributed by atoms with E-state index in [1.165, 1.54) is 11.3 Å². The first-order chi connectivity index (χ1) is 11.5. The van der Waals surface area contributed by atoms with Gasteiger partial charge >= 0.3 is 0 Å². The Kier molecular flexibility index (Phi) is 4.36. The molecule has 0 fully saturated rings. The van der Waals surface area contributed by atoms with Crippen molar-refractivity contribution in [2.24, 2.45) is 5.10 Å². The average molecular weight is 345 g/mol. The van der Waals surface area contributed by atoms with Crippen LogP contribution in [0.2, 0.25) is 0 Å². The summed E-state index contributed by atoms with van der Waals surface area (Å²) in [5.41, 5.74) is 8.17. The van der Waals surface area contributed by atoms with Crippen molar-refractivity contribution in [2.45, 2.75) is 32.4 Å². The first-order valence-electron chi connectivity index (χ1n) is 8.12. The second kappa shape index (κ2) is 6.32. The summed E-state index contributed by atoms with van der Waals surface area (Å²) in [4.78, 5) is 15.4. The molecule has 3 rings (SSSR count). The Morgan fingerprint density at radius 3 is 2.50 bits per heavy atom. The van der Waals surface area contributed by atoms with E-state index in [4.69, 9.17) is 0 Å². The van der Waals surface area contributed by atoms with E-state index in [-0.39, 0.29) is 11.2 Å². The number of aromatic nitrogens is 1. The molecule has 24 heavy (non-hydrogen) atoms. The van der Waals surface area contributed by atoms with Gasteiger partial charge in [0, 0.05) is 19.8 Å². The van der Waals surface area contributed by atoms with Gasteiger partial charge in [-0.1, -0.05) is 37.3 Å². The molecule has 1 aliphatic rings. The van der Waals surface area contributed by atoms with Crippen LogP contribution in [-0.4, -0.2) is 24.4 Å². The van der Waals surface area contributed by atoms with Crippen molar-refractivity contribution in [2.75, 3.05) is 24.4 Å². The number of anilines is 1. The first-order valence-corrected chi connectivity index (χ1v) is 8.93. The minimum Gasteiger partial charge on any atom is -0.378 e. The summed E-state index contributed by atoms with van der Waals surface area (Å²) in [5, 5.41) is 4.39. The van der Waals surface area contributed by atoms with Crippen molar-refractivity contribution in [3.05, 3.63) is 49.5 Å². The predicted molar refractivity (Wildman–Crippen MR) is 99.5 cm³/mol. The number of nitrogens with one attached hydrogen (secondary N) is 2. The van der Waals surface area contributed by atoms with Crippen molar-refractivity contribution in [3.8, 4) is 0 Å². The highest BCUT2D eigenvalue weighted by Crippen LogP contribution is 2.14. The molecule has 6 nitrogen and oxygen atoms in total. The number of rotatable bonds is 4. The number of benzene rings is 1. The van der Waals surface area contributed by atoms with Crippen molar-refractivity contribution in [1.29, 1.82) is 0 Å². The molecule has 0 unspecified atom stereocenters. The molecule has 0 bridgehead atoms. The van der Waals surface area contributed by atoms with Crippen LogP contribution in [0.4, 0.5) is 5.69 Å². The molecule has 0 radical (unpaired) electrons. The second-order valence-corrected chi connectivity index (χ2v) is 7.15. The lowest BCUT2D eigenvalue weighted by Crippen LogP contribution is -2.60. The highest BCUT2D eigenvalue weighted by atomic mass is 32.1. The molecule has 1 aromatic carbocycles. The average Bonchev–Trinajstić information content (AvgIpc) is 2.90. The van der Waals surface area contributed by atoms with Crippen LogP contribution in [0, 0.1) is 0 Å². The normalized spacial score (nSPS) is 15.9. The maximum absolute atomic E-state index is 12.7. The molecule has 0 atom stereocenters. The monoisotopic (exact) mass is 345 g/mol. The molecule has 0 saturated carbocycles. The molecule has 0 saturated heterocycles. The molecule has 1 aliphatic heterocycles. The summed E-state index contributed by atoms with van der Waals surface area (Å²) in [6.07, 6.45) is 3.58. The molecular weight excluding hydrogens is 322 g/mol. The van der Waals surface area contributed by atoms with Crippen molar-refractivity contribution < 1.29 is 0 Å². The van der Waals surface area contributed by atoms with Crippen LogP contribution in [0.25, 0.3) is 6.08 Å². The lowest BCUT2D eigenvalue weighted by atomic mass is 10.1. The molecule has 0 aliphatic carbocycles. The van der Waals surface area contributed by atoms with Gasteiger partial charge < -0.3 is 4.90 Å². The van der Waals surface area contributed by atoms with Crippen molar-refractivity contribution in [3.63, 3.8) is 0 Å². The minimum atomic E-state index is -0.359. The molecule has 1 aromatic heterocycles. The quantitative estimate of drug-likeness (QED) is 0.868. The van der Waals surface area contributed by atoms with E-state index in [1.807, 2.05) is 49.3 Å². The van der Waals surface area contributed by atoms with Gasteiger partial charge in [-0.25, -0.2) is 0 Å². The lowest BCUT2D eigenvalue weighted by molar-refractivity contribution is 0.294. The number of fused-ring (bicyclic) bond motifs is 1. The van der Waals surface area contributed by atoms with E-state index in [1.54, 1.807) is 4.68 Å². The zero-order valence-electron chi connectivity index (χ0n) is 14.5. The van der Waals surface area contributed by atoms with Crippen LogP contribution in [0.1, 0.15) is 32.3 Å². The van der Waals surface area contributed by atoms with Gasteiger partial charge in [0.1, 0.15) is 5.66 Å². The number of hydrogen-bond acceptors (Lipinski definition) is 6. The molecular formula is C17H23N5OS. The van der Waals surface area contributed by atoms with Gasteiger partial charge in [-0.2, -0.15) is 4.68 Å². The Bertz CT molecular complexity index is 891. The van der Waals surface area contributed by atoms with E-state index in [0.29, 0.717) is 9.33 Å². The maximum Gasteiger partial charge on any atom is 0.289 e. The highest BCUT2D eigenvalue weighted by Gasteiger charge is 2.29. The van der Waals surface area contributed by atoms with Crippen LogP contribution >= 0.6 is 11.3 Å². The standard InChI is InChI=1S/C17H23N5OS/c1-5-17(6-2)19-18-16-22(20-17)15(23)14(24-16)11-12-7-9-13(10-8-12)21(3)4/h7-11,19-20H,5-6H2,1-4H3/b14-11-. The number of nitrogens with zero attached hydrogens (tertiary/aromatic N) is 3. The van der Waals surface area contributed by atoms with Crippen LogP contribution in [-0.2, 0) is 0 Å². The lowest BCUT2D eigenvalue weighted by Gasteiger charge is -2.35. The van der Waals surface area contributed by atoms with E-state index >= 15 is 0 Å². The zero-order chi connectivity index (χ0) is 17.3. The Morgan fingerprint density at radius 2 is 1.92 bits per heavy atom. The smallest absolute Gasteiger partial charge is 0.289 e. The maximum atomic E-state index is 12.7. The molecule has 0 spiro atoms. The van der Waals surface area contributed by atoms with Gasteiger partial charge in [0.05, 0.1) is 4.53 Å².